The zero-order chi connectivity index (χ0) is 21.1. The number of anilines is 1. The van der Waals surface area contributed by atoms with Crippen molar-refractivity contribution in [1.82, 2.24) is 15.2 Å². The van der Waals surface area contributed by atoms with E-state index in [0.29, 0.717) is 11.3 Å². The van der Waals surface area contributed by atoms with Gasteiger partial charge in [0.05, 0.1) is 0 Å². The number of aromatic nitrogens is 1. The van der Waals surface area contributed by atoms with Gasteiger partial charge in [0.2, 0.25) is 0 Å². The van der Waals surface area contributed by atoms with Crippen LogP contribution in [0.2, 0.25) is 0 Å². The van der Waals surface area contributed by atoms with E-state index in [1.54, 1.807) is 31.4 Å². The van der Waals surface area contributed by atoms with Gasteiger partial charge in [-0.05, 0) is 19.4 Å². The molecule has 0 saturated carbocycles. The number of nitrogen functional groups attached to an aromatic ring is 1. The number of nitrogens with two attached hydrogens (primary N) is 1. The first-order valence-corrected chi connectivity index (χ1v) is 10.6. The van der Waals surface area contributed by atoms with Gasteiger partial charge in [0.1, 0.15) is 29.4 Å². The number of oxime groups is 1. The van der Waals surface area contributed by atoms with Crippen molar-refractivity contribution in [3.63, 3.8) is 0 Å². The zero-order valence-corrected chi connectivity index (χ0v) is 17.2. The Morgan fingerprint density at radius 1 is 1.55 bits per heavy atom. The SMILES string of the molecule is C/C=C\C1=C(C(=O)O)N2C(=O)[C@@H](NC(=O)/C(=N\OCC)c3csc(N)n3)[C@@H]2SC1. The van der Waals surface area contributed by atoms with Crippen LogP contribution in [0.5, 0.6) is 0 Å². The molecule has 0 spiro atoms. The minimum Gasteiger partial charge on any atom is -0.477 e. The molecule has 1 aromatic rings. The van der Waals surface area contributed by atoms with Gasteiger partial charge in [-0.2, -0.15) is 0 Å². The Labute approximate surface area is 174 Å². The number of carbonyl (C=O) groups is 3. The van der Waals surface area contributed by atoms with Crippen LogP contribution in [0.3, 0.4) is 0 Å². The summed E-state index contributed by atoms with van der Waals surface area (Å²) in [6.45, 7) is 3.72. The fraction of sp³-hybridized carbons (Fsp3) is 0.353. The second-order valence-corrected chi connectivity index (χ2v) is 7.96. The van der Waals surface area contributed by atoms with E-state index in [1.807, 2.05) is 0 Å². The van der Waals surface area contributed by atoms with Gasteiger partial charge >= 0.3 is 5.97 Å². The topological polar surface area (TPSA) is 147 Å². The van der Waals surface area contributed by atoms with Crippen molar-refractivity contribution in [2.75, 3.05) is 18.1 Å². The third-order valence-corrected chi connectivity index (χ3v) is 6.10. The third kappa shape index (κ3) is 3.98. The highest BCUT2D eigenvalue weighted by atomic mass is 32.2. The number of nitrogens with zero attached hydrogens (tertiary/aromatic N) is 3. The summed E-state index contributed by atoms with van der Waals surface area (Å²) in [7, 11) is 0. The van der Waals surface area contributed by atoms with Gasteiger partial charge in [-0.25, -0.2) is 9.78 Å². The molecule has 154 valence electrons. The first kappa shape index (κ1) is 20.9. The summed E-state index contributed by atoms with van der Waals surface area (Å²) in [5.41, 5.74) is 6.25. The van der Waals surface area contributed by atoms with Gasteiger partial charge in [-0.3, -0.25) is 14.5 Å². The summed E-state index contributed by atoms with van der Waals surface area (Å²) < 4.78 is 0. The monoisotopic (exact) mass is 437 g/mol. The van der Waals surface area contributed by atoms with Crippen molar-refractivity contribution < 1.29 is 24.3 Å². The highest BCUT2D eigenvalue weighted by Crippen LogP contribution is 2.40. The molecular weight excluding hydrogens is 418 g/mol. The van der Waals surface area contributed by atoms with Gasteiger partial charge in [0, 0.05) is 11.1 Å². The van der Waals surface area contributed by atoms with Crippen LogP contribution in [-0.2, 0) is 19.2 Å². The van der Waals surface area contributed by atoms with Gasteiger partial charge in [0.25, 0.3) is 11.8 Å². The molecule has 3 rings (SSSR count). The van der Waals surface area contributed by atoms with Crippen molar-refractivity contribution in [2.24, 2.45) is 5.16 Å². The maximum Gasteiger partial charge on any atom is 0.352 e. The maximum absolute atomic E-state index is 12.7. The third-order valence-electron chi connectivity index (χ3n) is 4.12. The Balaban J connectivity index is 1.80. The van der Waals surface area contributed by atoms with E-state index in [0.717, 1.165) is 11.3 Å². The molecule has 0 aromatic carbocycles. The Bertz CT molecular complexity index is 938. The van der Waals surface area contributed by atoms with Gasteiger partial charge in [-0.1, -0.05) is 17.3 Å². The molecule has 2 amide bonds. The minimum absolute atomic E-state index is 0.0576. The zero-order valence-electron chi connectivity index (χ0n) is 15.6. The molecule has 2 aliphatic heterocycles. The van der Waals surface area contributed by atoms with Crippen LogP contribution in [0.15, 0.2) is 34.0 Å². The van der Waals surface area contributed by atoms with Crippen LogP contribution in [0.4, 0.5) is 5.13 Å². The smallest absolute Gasteiger partial charge is 0.352 e. The second-order valence-electron chi connectivity index (χ2n) is 5.97. The highest BCUT2D eigenvalue weighted by Gasteiger charge is 2.54. The molecule has 10 nitrogen and oxygen atoms in total. The number of carboxylic acids is 1. The average Bonchev–Trinajstić information content (AvgIpc) is 3.12. The van der Waals surface area contributed by atoms with Crippen LogP contribution < -0.4 is 11.1 Å². The lowest BCUT2D eigenvalue weighted by molar-refractivity contribution is -0.150. The molecule has 1 aromatic heterocycles. The predicted octanol–water partition coefficient (Wildman–Crippen LogP) is 0.781. The first-order chi connectivity index (χ1) is 13.9. The fourth-order valence-corrected chi connectivity index (χ4v) is 4.78. The van der Waals surface area contributed by atoms with E-state index in [9.17, 15) is 19.5 Å². The van der Waals surface area contributed by atoms with Gasteiger partial charge < -0.3 is 21.0 Å². The van der Waals surface area contributed by atoms with Crippen molar-refractivity contribution in [2.45, 2.75) is 25.3 Å². The predicted molar refractivity (Wildman–Crippen MR) is 109 cm³/mol. The lowest BCUT2D eigenvalue weighted by atomic mass is 10.0. The van der Waals surface area contributed by atoms with Crippen LogP contribution in [0.1, 0.15) is 19.5 Å². The number of thioether (sulfide) groups is 1. The number of nitrogens with one attached hydrogen (secondary N) is 1. The van der Waals surface area contributed by atoms with Crippen LogP contribution in [0.25, 0.3) is 0 Å². The Hall–Kier alpha value is -2.86. The van der Waals surface area contributed by atoms with E-state index < -0.39 is 29.2 Å². The molecule has 0 radical (unpaired) electrons. The highest BCUT2D eigenvalue weighted by molar-refractivity contribution is 8.00. The van der Waals surface area contributed by atoms with Crippen LogP contribution >= 0.6 is 23.1 Å². The molecule has 2 aliphatic rings. The molecule has 1 fully saturated rings. The van der Waals surface area contributed by atoms with Crippen molar-refractivity contribution in [3.05, 3.63) is 34.5 Å². The number of carbonyl (C=O) groups excluding carboxylic acids is 2. The number of hydrogen-bond donors (Lipinski definition) is 3. The largest absolute Gasteiger partial charge is 0.477 e. The lowest BCUT2D eigenvalue weighted by Gasteiger charge is -2.49. The fourth-order valence-electron chi connectivity index (χ4n) is 2.91. The quantitative estimate of drug-likeness (QED) is 0.322. The van der Waals surface area contributed by atoms with Gasteiger partial charge in [0.15, 0.2) is 10.8 Å². The number of β-lactam (4-membered cyclic amide) rings is 1. The van der Waals surface area contributed by atoms with Crippen molar-refractivity contribution in [3.8, 4) is 0 Å². The van der Waals surface area contributed by atoms with E-state index in [2.05, 4.69) is 15.5 Å². The molecule has 29 heavy (non-hydrogen) atoms. The molecule has 0 aliphatic carbocycles. The van der Waals surface area contributed by atoms with E-state index >= 15 is 0 Å². The molecule has 3 heterocycles. The molecule has 0 unspecified atom stereocenters. The Kier molecular flexibility index (Phi) is 6.23. The summed E-state index contributed by atoms with van der Waals surface area (Å²) in [4.78, 5) is 47.3. The number of carboxylic acid groups (broad SMARTS) is 1. The molecule has 2 atom stereocenters. The molecule has 0 bridgehead atoms. The standard InChI is InChI=1S/C17H19N5O5S2/c1-3-5-8-6-28-15-11(14(24)22(15)12(8)16(25)26)20-13(23)10(21-27-4-2)9-7-29-17(18)19-9/h3,5,7,11,15H,4,6H2,1-2H3,(H2,18,19)(H,20,23)(H,25,26)/b5-3-,21-10-/t11-,15+/m1/s1. The first-order valence-electron chi connectivity index (χ1n) is 8.65. The lowest BCUT2D eigenvalue weighted by Crippen LogP contribution is -2.71. The minimum atomic E-state index is -1.18. The molecule has 4 N–H and O–H groups in total. The summed E-state index contributed by atoms with van der Waals surface area (Å²) in [5.74, 6) is -1.92. The van der Waals surface area contributed by atoms with E-state index in [-0.39, 0.29) is 28.8 Å². The molecule has 12 heteroatoms. The van der Waals surface area contributed by atoms with E-state index in [4.69, 9.17) is 10.6 Å². The number of allylic oxidation sites excluding steroid dienone is 2. The number of fused-ring (bicyclic) bond motifs is 1. The number of hydrogen-bond acceptors (Lipinski definition) is 9. The maximum atomic E-state index is 12.7. The summed E-state index contributed by atoms with van der Waals surface area (Å²) >= 11 is 2.52. The number of thiazole rings is 1. The normalized spacial score (nSPS) is 21.8. The second kappa shape index (κ2) is 8.66. The van der Waals surface area contributed by atoms with E-state index in [1.165, 1.54) is 16.7 Å². The van der Waals surface area contributed by atoms with Crippen molar-refractivity contribution >= 4 is 51.7 Å². The summed E-state index contributed by atoms with van der Waals surface area (Å²) in [5, 5.41) is 17.3. The van der Waals surface area contributed by atoms with Crippen LogP contribution in [0, 0.1) is 0 Å². The molecule has 1 saturated heterocycles. The Morgan fingerprint density at radius 3 is 2.90 bits per heavy atom. The Morgan fingerprint density at radius 2 is 2.31 bits per heavy atom. The number of aliphatic carboxylic acids is 1. The summed E-state index contributed by atoms with van der Waals surface area (Å²) in [6, 6.07) is -0.878. The average molecular weight is 438 g/mol. The molecular formula is C17H19N5O5S2. The van der Waals surface area contributed by atoms with Crippen LogP contribution in [-0.4, -0.2) is 62.3 Å². The summed E-state index contributed by atoms with van der Waals surface area (Å²) in [6.07, 6.45) is 3.39. The van der Waals surface area contributed by atoms with Crippen molar-refractivity contribution in [1.29, 1.82) is 0 Å². The number of amides is 2. The number of rotatable bonds is 7. The van der Waals surface area contributed by atoms with Gasteiger partial charge in [-0.15, -0.1) is 23.1 Å².